The van der Waals surface area contributed by atoms with Gasteiger partial charge >= 0.3 is 0 Å². The molecule has 1 aliphatic rings. The molecule has 0 saturated heterocycles. The summed E-state index contributed by atoms with van der Waals surface area (Å²) in [4.78, 5) is 16.6. The number of aromatic nitrogens is 2. The fourth-order valence-corrected chi connectivity index (χ4v) is 2.49. The van der Waals surface area contributed by atoms with E-state index in [1.165, 1.54) is 5.56 Å². The van der Waals surface area contributed by atoms with Gasteiger partial charge in [0.2, 0.25) is 0 Å². The second kappa shape index (κ2) is 5.72. The van der Waals surface area contributed by atoms with Crippen LogP contribution in [-0.4, -0.2) is 9.55 Å². The van der Waals surface area contributed by atoms with Crippen LogP contribution in [0.15, 0.2) is 41.5 Å². The molecule has 4 heteroatoms. The van der Waals surface area contributed by atoms with E-state index in [-0.39, 0.29) is 11.6 Å². The van der Waals surface area contributed by atoms with Crippen LogP contribution >= 0.6 is 0 Å². The highest BCUT2D eigenvalue weighted by Gasteiger charge is 2.25. The van der Waals surface area contributed by atoms with E-state index in [4.69, 9.17) is 0 Å². The molecule has 1 N–H and O–H groups in total. The van der Waals surface area contributed by atoms with Crippen molar-refractivity contribution in [3.05, 3.63) is 58.1 Å². The molecular formula is C17H21N3O. The van der Waals surface area contributed by atoms with E-state index >= 15 is 0 Å². The first-order valence-electron chi connectivity index (χ1n) is 7.61. The Hall–Kier alpha value is -2.10. The van der Waals surface area contributed by atoms with Crippen LogP contribution < -0.4 is 10.9 Å². The van der Waals surface area contributed by atoms with Crippen molar-refractivity contribution in [1.29, 1.82) is 0 Å². The van der Waals surface area contributed by atoms with E-state index in [2.05, 4.69) is 48.4 Å². The van der Waals surface area contributed by atoms with Crippen molar-refractivity contribution in [2.45, 2.75) is 45.2 Å². The average molecular weight is 283 g/mol. The van der Waals surface area contributed by atoms with E-state index in [0.717, 1.165) is 24.8 Å². The van der Waals surface area contributed by atoms with Gasteiger partial charge in [-0.1, -0.05) is 31.2 Å². The Balaban J connectivity index is 1.79. The van der Waals surface area contributed by atoms with Gasteiger partial charge in [0, 0.05) is 18.4 Å². The fraction of sp³-hybridized carbons (Fsp3) is 0.412. The summed E-state index contributed by atoms with van der Waals surface area (Å²) in [5, 5.41) is 3.24. The van der Waals surface area contributed by atoms with Crippen molar-refractivity contribution in [2.75, 3.05) is 5.32 Å². The molecule has 3 rings (SSSR count). The standard InChI is InChI=1S/C17H21N3O/c1-3-13-4-6-14(7-5-13)12(2)19-16-17(21)20(11-10-18-16)15-8-9-15/h4-7,10-12,15H,3,8-9H2,1-2H3,(H,18,19). The lowest BCUT2D eigenvalue weighted by Gasteiger charge is -2.15. The molecule has 0 amide bonds. The predicted octanol–water partition coefficient (Wildman–Crippen LogP) is 3.31. The number of hydrogen-bond donors (Lipinski definition) is 1. The molecule has 110 valence electrons. The molecule has 21 heavy (non-hydrogen) atoms. The number of nitrogens with zero attached hydrogens (tertiary/aromatic N) is 2. The summed E-state index contributed by atoms with van der Waals surface area (Å²) < 4.78 is 1.79. The van der Waals surface area contributed by atoms with Gasteiger partial charge in [0.15, 0.2) is 5.82 Å². The molecule has 0 aliphatic heterocycles. The quantitative estimate of drug-likeness (QED) is 0.915. The minimum Gasteiger partial charge on any atom is -0.359 e. The molecule has 2 aromatic rings. The van der Waals surface area contributed by atoms with E-state index < -0.39 is 0 Å². The van der Waals surface area contributed by atoms with Gasteiger partial charge in [-0.05, 0) is 37.3 Å². The summed E-state index contributed by atoms with van der Waals surface area (Å²) in [6.07, 6.45) is 6.71. The van der Waals surface area contributed by atoms with Gasteiger partial charge in [0.05, 0.1) is 6.04 Å². The maximum absolute atomic E-state index is 12.4. The van der Waals surface area contributed by atoms with Crippen LogP contribution in [0.1, 0.15) is 49.9 Å². The third kappa shape index (κ3) is 2.99. The third-order valence-corrected chi connectivity index (χ3v) is 4.05. The number of benzene rings is 1. The van der Waals surface area contributed by atoms with Crippen LogP contribution in [-0.2, 0) is 6.42 Å². The number of hydrogen-bond acceptors (Lipinski definition) is 3. The molecule has 0 spiro atoms. The highest BCUT2D eigenvalue weighted by molar-refractivity contribution is 5.37. The molecule has 1 saturated carbocycles. The summed E-state index contributed by atoms with van der Waals surface area (Å²) >= 11 is 0. The van der Waals surface area contributed by atoms with Gasteiger partial charge in [-0.3, -0.25) is 4.79 Å². The lowest BCUT2D eigenvalue weighted by Crippen LogP contribution is -2.24. The summed E-state index contributed by atoms with van der Waals surface area (Å²) in [6, 6.07) is 8.92. The van der Waals surface area contributed by atoms with Gasteiger partial charge in [0.1, 0.15) is 0 Å². The zero-order valence-electron chi connectivity index (χ0n) is 12.5. The Morgan fingerprint density at radius 1 is 1.33 bits per heavy atom. The molecule has 1 atom stereocenters. The van der Waals surface area contributed by atoms with E-state index in [1.54, 1.807) is 17.0 Å². The second-order valence-electron chi connectivity index (χ2n) is 5.68. The van der Waals surface area contributed by atoms with Gasteiger partial charge < -0.3 is 9.88 Å². The summed E-state index contributed by atoms with van der Waals surface area (Å²) in [5.41, 5.74) is 2.46. The Morgan fingerprint density at radius 3 is 2.67 bits per heavy atom. The van der Waals surface area contributed by atoms with Crippen LogP contribution in [0.4, 0.5) is 5.82 Å². The molecular weight excluding hydrogens is 262 g/mol. The normalized spacial score (nSPS) is 15.7. The minimum absolute atomic E-state index is 0.0166. The molecule has 0 radical (unpaired) electrons. The Kier molecular flexibility index (Phi) is 3.78. The maximum atomic E-state index is 12.4. The predicted molar refractivity (Wildman–Crippen MR) is 84.6 cm³/mol. The number of anilines is 1. The molecule has 4 nitrogen and oxygen atoms in total. The Labute approximate surface area is 124 Å². The van der Waals surface area contributed by atoms with Crippen LogP contribution in [0.5, 0.6) is 0 Å². The Bertz CT molecular complexity index is 671. The topological polar surface area (TPSA) is 46.9 Å². The van der Waals surface area contributed by atoms with E-state index in [0.29, 0.717) is 11.9 Å². The van der Waals surface area contributed by atoms with Gasteiger partial charge in [-0.2, -0.15) is 0 Å². The van der Waals surface area contributed by atoms with Crippen LogP contribution in [0, 0.1) is 0 Å². The third-order valence-electron chi connectivity index (χ3n) is 4.05. The molecule has 0 bridgehead atoms. The first-order valence-corrected chi connectivity index (χ1v) is 7.61. The van der Waals surface area contributed by atoms with Crippen molar-refractivity contribution in [3.8, 4) is 0 Å². The lowest BCUT2D eigenvalue weighted by molar-refractivity contribution is 0.696. The molecule has 1 unspecified atom stereocenters. The molecule has 1 aromatic heterocycles. The van der Waals surface area contributed by atoms with Crippen molar-refractivity contribution < 1.29 is 0 Å². The van der Waals surface area contributed by atoms with E-state index in [1.807, 2.05) is 0 Å². The largest absolute Gasteiger partial charge is 0.359 e. The first-order chi connectivity index (χ1) is 10.2. The van der Waals surface area contributed by atoms with Crippen molar-refractivity contribution >= 4 is 5.82 Å². The Morgan fingerprint density at radius 2 is 2.05 bits per heavy atom. The fourth-order valence-electron chi connectivity index (χ4n) is 2.49. The van der Waals surface area contributed by atoms with Crippen molar-refractivity contribution in [2.24, 2.45) is 0 Å². The zero-order chi connectivity index (χ0) is 14.8. The summed E-state index contributed by atoms with van der Waals surface area (Å²) in [5.74, 6) is 0.441. The monoisotopic (exact) mass is 283 g/mol. The zero-order valence-corrected chi connectivity index (χ0v) is 12.5. The lowest BCUT2D eigenvalue weighted by atomic mass is 10.1. The molecule has 1 aliphatic carbocycles. The van der Waals surface area contributed by atoms with Gasteiger partial charge in [-0.15, -0.1) is 0 Å². The molecule has 1 aromatic carbocycles. The first kappa shape index (κ1) is 13.9. The highest BCUT2D eigenvalue weighted by atomic mass is 16.1. The minimum atomic E-state index is -0.0166. The number of rotatable bonds is 5. The number of aryl methyl sites for hydroxylation is 1. The summed E-state index contributed by atoms with van der Waals surface area (Å²) in [6.45, 7) is 4.20. The highest BCUT2D eigenvalue weighted by Crippen LogP contribution is 2.33. The van der Waals surface area contributed by atoms with Crippen molar-refractivity contribution in [1.82, 2.24) is 9.55 Å². The van der Waals surface area contributed by atoms with Crippen molar-refractivity contribution in [3.63, 3.8) is 0 Å². The summed E-state index contributed by atoms with van der Waals surface area (Å²) in [7, 11) is 0. The van der Waals surface area contributed by atoms with Crippen LogP contribution in [0.2, 0.25) is 0 Å². The second-order valence-corrected chi connectivity index (χ2v) is 5.68. The number of nitrogens with one attached hydrogen (secondary N) is 1. The molecule has 1 fully saturated rings. The van der Waals surface area contributed by atoms with Gasteiger partial charge in [0.25, 0.3) is 5.56 Å². The SMILES string of the molecule is CCc1ccc(C(C)Nc2nccn(C3CC3)c2=O)cc1. The molecule has 1 heterocycles. The van der Waals surface area contributed by atoms with Gasteiger partial charge in [-0.25, -0.2) is 4.98 Å². The van der Waals surface area contributed by atoms with E-state index in [9.17, 15) is 4.79 Å². The van der Waals surface area contributed by atoms with Crippen LogP contribution in [0.25, 0.3) is 0 Å². The smallest absolute Gasteiger partial charge is 0.293 e. The maximum Gasteiger partial charge on any atom is 0.293 e. The van der Waals surface area contributed by atoms with Crippen LogP contribution in [0.3, 0.4) is 0 Å². The average Bonchev–Trinajstić information content (AvgIpc) is 3.34.